The van der Waals surface area contributed by atoms with E-state index in [1.807, 2.05) is 38.1 Å². The molecule has 0 amide bonds. The summed E-state index contributed by atoms with van der Waals surface area (Å²) in [5.41, 5.74) is 4.04. The van der Waals surface area contributed by atoms with Gasteiger partial charge in [0, 0.05) is 23.5 Å². The van der Waals surface area contributed by atoms with Crippen LogP contribution in [0, 0.1) is 13.8 Å². The molecule has 2 heterocycles. The van der Waals surface area contributed by atoms with Crippen LogP contribution in [0.25, 0.3) is 10.9 Å². The van der Waals surface area contributed by atoms with Gasteiger partial charge in [-0.3, -0.25) is 9.59 Å². The molecule has 0 radical (unpaired) electrons. The Balaban J connectivity index is 1.57. The van der Waals surface area contributed by atoms with Crippen LogP contribution in [-0.4, -0.2) is 25.3 Å². The lowest BCUT2D eigenvalue weighted by molar-refractivity contribution is 0.0964. The number of nitrogens with zero attached hydrogens (tertiary/aromatic N) is 4. The Morgan fingerprint density at radius 3 is 2.52 bits per heavy atom. The molecule has 0 N–H and O–H groups in total. The maximum atomic E-state index is 12.9. The molecule has 0 aliphatic heterocycles. The average molecular weight is 386 g/mol. The minimum Gasteiger partial charge on any atom is -0.348 e. The molecule has 0 saturated carbocycles. The highest BCUT2D eigenvalue weighted by Gasteiger charge is 2.18. The van der Waals surface area contributed by atoms with Crippen molar-refractivity contribution in [2.24, 2.45) is 0 Å². The standard InChI is InChI=1S/C23H22N4O2/c1-16-14-20(17(2)26(16)13-12-18-8-4-3-5-9-18)22(28)15-27-23(29)19-10-6-7-11-21(19)24-25-27/h3-11,14H,12-13,15H2,1-2H3. The van der Waals surface area contributed by atoms with E-state index in [0.717, 1.165) is 29.0 Å². The van der Waals surface area contributed by atoms with Crippen LogP contribution in [0.2, 0.25) is 0 Å². The number of aryl methyl sites for hydroxylation is 2. The summed E-state index contributed by atoms with van der Waals surface area (Å²) in [6.07, 6.45) is 0.889. The lowest BCUT2D eigenvalue weighted by atomic mass is 10.1. The number of carbonyl (C=O) groups is 1. The Hall–Kier alpha value is -3.54. The second-order valence-electron chi connectivity index (χ2n) is 7.16. The highest BCUT2D eigenvalue weighted by Crippen LogP contribution is 2.17. The zero-order valence-electron chi connectivity index (χ0n) is 16.5. The van der Waals surface area contributed by atoms with Crippen molar-refractivity contribution in [2.75, 3.05) is 0 Å². The number of fused-ring (bicyclic) bond motifs is 1. The highest BCUT2D eigenvalue weighted by atomic mass is 16.1. The molecule has 0 bridgehead atoms. The Morgan fingerprint density at radius 2 is 1.72 bits per heavy atom. The summed E-state index contributed by atoms with van der Waals surface area (Å²) in [5.74, 6) is -0.143. The van der Waals surface area contributed by atoms with Crippen molar-refractivity contribution in [3.05, 3.63) is 93.5 Å². The van der Waals surface area contributed by atoms with Gasteiger partial charge in [-0.1, -0.05) is 47.7 Å². The molecule has 4 rings (SSSR count). The molecule has 2 aromatic carbocycles. The number of benzene rings is 2. The van der Waals surface area contributed by atoms with Crippen molar-refractivity contribution >= 4 is 16.7 Å². The third-order valence-electron chi connectivity index (χ3n) is 5.26. The van der Waals surface area contributed by atoms with E-state index in [0.29, 0.717) is 16.5 Å². The molecule has 0 saturated heterocycles. The Labute approximate surface area is 168 Å². The minimum absolute atomic E-state index is 0.125. The summed E-state index contributed by atoms with van der Waals surface area (Å²) in [7, 11) is 0. The number of ketones is 1. The van der Waals surface area contributed by atoms with Gasteiger partial charge in [0.15, 0.2) is 5.78 Å². The third kappa shape index (κ3) is 3.74. The molecule has 0 aliphatic carbocycles. The van der Waals surface area contributed by atoms with Crippen LogP contribution >= 0.6 is 0 Å². The average Bonchev–Trinajstić information content (AvgIpc) is 3.03. The zero-order chi connectivity index (χ0) is 20.4. The molecule has 0 spiro atoms. The van der Waals surface area contributed by atoms with Gasteiger partial charge in [0.05, 0.1) is 5.39 Å². The minimum atomic E-state index is -0.304. The molecule has 0 unspecified atom stereocenters. The van der Waals surface area contributed by atoms with Crippen molar-refractivity contribution in [3.8, 4) is 0 Å². The molecule has 0 aliphatic rings. The van der Waals surface area contributed by atoms with E-state index in [9.17, 15) is 9.59 Å². The van der Waals surface area contributed by atoms with Crippen LogP contribution < -0.4 is 5.56 Å². The number of hydrogen-bond acceptors (Lipinski definition) is 4. The molecule has 0 fully saturated rings. The van der Waals surface area contributed by atoms with Crippen LogP contribution in [0.3, 0.4) is 0 Å². The van der Waals surface area contributed by atoms with E-state index in [2.05, 4.69) is 27.0 Å². The van der Waals surface area contributed by atoms with E-state index in [-0.39, 0.29) is 17.9 Å². The third-order valence-corrected chi connectivity index (χ3v) is 5.26. The summed E-state index contributed by atoms with van der Waals surface area (Å²) < 4.78 is 3.29. The number of carbonyl (C=O) groups excluding carboxylic acids is 1. The van der Waals surface area contributed by atoms with E-state index in [1.165, 1.54) is 5.56 Å². The lowest BCUT2D eigenvalue weighted by Gasteiger charge is -2.10. The van der Waals surface area contributed by atoms with Crippen LogP contribution in [0.4, 0.5) is 0 Å². The predicted octanol–water partition coefficient (Wildman–Crippen LogP) is 3.34. The smallest absolute Gasteiger partial charge is 0.278 e. The molecule has 6 nitrogen and oxygen atoms in total. The fraction of sp³-hybridized carbons (Fsp3) is 0.217. The molecule has 2 aromatic heterocycles. The van der Waals surface area contributed by atoms with Gasteiger partial charge in [-0.15, -0.1) is 5.10 Å². The predicted molar refractivity (Wildman–Crippen MR) is 112 cm³/mol. The second-order valence-corrected chi connectivity index (χ2v) is 7.16. The van der Waals surface area contributed by atoms with Gasteiger partial charge in [0.2, 0.25) is 0 Å². The first-order valence-electron chi connectivity index (χ1n) is 9.61. The van der Waals surface area contributed by atoms with E-state index in [4.69, 9.17) is 0 Å². The molecular formula is C23H22N4O2. The number of hydrogen-bond donors (Lipinski definition) is 0. The van der Waals surface area contributed by atoms with E-state index < -0.39 is 0 Å². The number of aromatic nitrogens is 4. The van der Waals surface area contributed by atoms with Crippen molar-refractivity contribution < 1.29 is 4.79 Å². The summed E-state index contributed by atoms with van der Waals surface area (Å²) in [4.78, 5) is 25.5. The quantitative estimate of drug-likeness (QED) is 0.477. The molecule has 29 heavy (non-hydrogen) atoms. The van der Waals surface area contributed by atoms with Gasteiger partial charge in [0.25, 0.3) is 5.56 Å². The van der Waals surface area contributed by atoms with Crippen molar-refractivity contribution in [3.63, 3.8) is 0 Å². The fourth-order valence-electron chi connectivity index (χ4n) is 3.66. The van der Waals surface area contributed by atoms with Crippen LogP contribution in [-0.2, 0) is 19.5 Å². The summed E-state index contributed by atoms with van der Waals surface area (Å²) in [5, 5.41) is 8.45. The van der Waals surface area contributed by atoms with Gasteiger partial charge in [-0.05, 0) is 44.0 Å². The first kappa shape index (κ1) is 18.8. The second kappa shape index (κ2) is 7.83. The molecule has 6 heteroatoms. The van der Waals surface area contributed by atoms with Gasteiger partial charge in [-0.2, -0.15) is 0 Å². The normalized spacial score (nSPS) is 11.1. The largest absolute Gasteiger partial charge is 0.348 e. The van der Waals surface area contributed by atoms with Crippen LogP contribution in [0.5, 0.6) is 0 Å². The summed E-state index contributed by atoms with van der Waals surface area (Å²) >= 11 is 0. The number of rotatable bonds is 6. The summed E-state index contributed by atoms with van der Waals surface area (Å²) in [6, 6.07) is 19.2. The van der Waals surface area contributed by atoms with Gasteiger partial charge < -0.3 is 4.57 Å². The Morgan fingerprint density at radius 1 is 1.00 bits per heavy atom. The van der Waals surface area contributed by atoms with Crippen molar-refractivity contribution in [2.45, 2.75) is 33.4 Å². The van der Waals surface area contributed by atoms with Crippen molar-refractivity contribution in [1.82, 2.24) is 19.6 Å². The summed E-state index contributed by atoms with van der Waals surface area (Å²) in [6.45, 7) is 4.61. The lowest BCUT2D eigenvalue weighted by Crippen LogP contribution is -2.28. The molecular weight excluding hydrogens is 364 g/mol. The van der Waals surface area contributed by atoms with Crippen LogP contribution in [0.1, 0.15) is 27.3 Å². The molecule has 4 aromatic rings. The Bertz CT molecular complexity index is 1240. The zero-order valence-corrected chi connectivity index (χ0v) is 16.5. The maximum absolute atomic E-state index is 12.9. The van der Waals surface area contributed by atoms with E-state index >= 15 is 0 Å². The van der Waals surface area contributed by atoms with Gasteiger partial charge >= 0.3 is 0 Å². The molecule has 0 atom stereocenters. The van der Waals surface area contributed by atoms with Gasteiger partial charge in [-0.25, -0.2) is 4.68 Å². The van der Waals surface area contributed by atoms with Gasteiger partial charge in [0.1, 0.15) is 12.1 Å². The highest BCUT2D eigenvalue weighted by molar-refractivity contribution is 5.97. The first-order chi connectivity index (χ1) is 14.0. The van der Waals surface area contributed by atoms with E-state index in [1.54, 1.807) is 24.3 Å². The van der Waals surface area contributed by atoms with Crippen LogP contribution in [0.15, 0.2) is 65.5 Å². The fourth-order valence-corrected chi connectivity index (χ4v) is 3.66. The van der Waals surface area contributed by atoms with Crippen molar-refractivity contribution in [1.29, 1.82) is 0 Å². The number of Topliss-reactive ketones (excluding diaryl/α,β-unsaturated/α-hetero) is 1. The monoisotopic (exact) mass is 386 g/mol. The topological polar surface area (TPSA) is 69.8 Å². The maximum Gasteiger partial charge on any atom is 0.278 e. The molecule has 146 valence electrons. The first-order valence-corrected chi connectivity index (χ1v) is 9.61. The Kier molecular flexibility index (Phi) is 5.08. The SMILES string of the molecule is Cc1cc(C(=O)Cn2nnc3ccccc3c2=O)c(C)n1CCc1ccccc1.